The van der Waals surface area contributed by atoms with E-state index in [0.717, 1.165) is 42.5 Å². The van der Waals surface area contributed by atoms with Crippen molar-refractivity contribution in [2.75, 3.05) is 11.9 Å². The van der Waals surface area contributed by atoms with Crippen LogP contribution in [0.15, 0.2) is 59.8 Å². The number of nitrogens with zero attached hydrogens (tertiary/aromatic N) is 3. The van der Waals surface area contributed by atoms with E-state index >= 15 is 0 Å². The van der Waals surface area contributed by atoms with E-state index in [4.69, 9.17) is 21.6 Å². The SMILES string of the molecule is CCCCCCC(Sc1nc(Cl)cc(Nc2ccc(-c3ccc(C#N)cc3)cc2)n1)C(=O)OCC. The number of thioether (sulfide) groups is 1. The molecule has 1 heterocycles. The highest BCUT2D eigenvalue weighted by molar-refractivity contribution is 8.00. The Morgan fingerprint density at radius 3 is 2.37 bits per heavy atom. The molecule has 0 saturated carbocycles. The lowest BCUT2D eigenvalue weighted by Gasteiger charge is -2.15. The highest BCUT2D eigenvalue weighted by Crippen LogP contribution is 2.29. The molecule has 0 aliphatic carbocycles. The molecule has 1 aromatic heterocycles. The van der Waals surface area contributed by atoms with Crippen LogP contribution >= 0.6 is 23.4 Å². The molecule has 0 radical (unpaired) electrons. The number of carbonyl (C=O) groups is 1. The zero-order valence-corrected chi connectivity index (χ0v) is 21.5. The molecule has 0 saturated heterocycles. The van der Waals surface area contributed by atoms with Crippen LogP contribution in [0, 0.1) is 11.3 Å². The first-order valence-corrected chi connectivity index (χ1v) is 13.0. The summed E-state index contributed by atoms with van der Waals surface area (Å²) in [6, 6.07) is 19.1. The van der Waals surface area contributed by atoms with Gasteiger partial charge in [-0.25, -0.2) is 9.97 Å². The molecular weight excluding hydrogens is 480 g/mol. The second-order valence-corrected chi connectivity index (χ2v) is 9.51. The number of carbonyl (C=O) groups excluding carboxylic acids is 1. The van der Waals surface area contributed by atoms with Crippen molar-refractivity contribution in [1.29, 1.82) is 5.26 Å². The molecule has 8 heteroatoms. The molecule has 0 bridgehead atoms. The van der Waals surface area contributed by atoms with Crippen LogP contribution in [-0.4, -0.2) is 27.8 Å². The minimum Gasteiger partial charge on any atom is -0.465 e. The highest BCUT2D eigenvalue weighted by Gasteiger charge is 2.23. The molecule has 0 spiro atoms. The van der Waals surface area contributed by atoms with E-state index in [0.29, 0.717) is 34.7 Å². The predicted molar refractivity (Wildman–Crippen MR) is 142 cm³/mol. The van der Waals surface area contributed by atoms with Crippen LogP contribution in [-0.2, 0) is 9.53 Å². The molecule has 0 aliphatic heterocycles. The minimum atomic E-state index is -0.371. The molecule has 182 valence electrons. The maximum absolute atomic E-state index is 12.5. The van der Waals surface area contributed by atoms with Gasteiger partial charge >= 0.3 is 5.97 Å². The Morgan fingerprint density at radius 2 is 1.74 bits per heavy atom. The summed E-state index contributed by atoms with van der Waals surface area (Å²) in [6.07, 6.45) is 5.01. The second-order valence-electron chi connectivity index (χ2n) is 7.96. The topological polar surface area (TPSA) is 87.9 Å². The van der Waals surface area contributed by atoms with Crippen molar-refractivity contribution in [2.24, 2.45) is 0 Å². The first kappa shape index (κ1) is 26.5. The third-order valence-corrected chi connectivity index (χ3v) is 6.60. The number of halogens is 1. The maximum atomic E-state index is 12.5. The molecular formula is C27H29ClN4O2S. The smallest absolute Gasteiger partial charge is 0.319 e. The number of rotatable bonds is 12. The molecule has 1 atom stereocenters. The summed E-state index contributed by atoms with van der Waals surface area (Å²) >= 11 is 7.56. The second kappa shape index (κ2) is 13.7. The maximum Gasteiger partial charge on any atom is 0.319 e. The standard InChI is InChI=1S/C27H29ClN4O2S/c1-3-5-6-7-8-23(26(33)34-4-2)35-27-31-24(28)17-25(32-27)30-22-15-13-21(14-16-22)20-11-9-19(18-29)10-12-20/h9-17,23H,3-8H2,1-2H3,(H,30,31,32). The van der Waals surface area contributed by atoms with E-state index in [1.54, 1.807) is 25.1 Å². The average molecular weight is 509 g/mol. The van der Waals surface area contributed by atoms with Crippen molar-refractivity contribution in [3.63, 3.8) is 0 Å². The molecule has 3 rings (SSSR count). The fourth-order valence-corrected chi connectivity index (χ4v) is 4.73. The summed E-state index contributed by atoms with van der Waals surface area (Å²) < 4.78 is 5.27. The van der Waals surface area contributed by atoms with E-state index in [1.165, 1.54) is 11.8 Å². The molecule has 0 amide bonds. The summed E-state index contributed by atoms with van der Waals surface area (Å²) in [7, 11) is 0. The van der Waals surface area contributed by atoms with Crippen LogP contribution in [0.2, 0.25) is 5.15 Å². The van der Waals surface area contributed by atoms with Gasteiger partial charge in [0.05, 0.1) is 18.2 Å². The third-order valence-electron chi connectivity index (χ3n) is 5.30. The van der Waals surface area contributed by atoms with E-state index in [9.17, 15) is 4.79 Å². The Balaban J connectivity index is 1.70. The lowest BCUT2D eigenvalue weighted by Crippen LogP contribution is -2.20. The normalized spacial score (nSPS) is 11.5. The van der Waals surface area contributed by atoms with Gasteiger partial charge in [0.1, 0.15) is 16.2 Å². The number of nitrogens with one attached hydrogen (secondary N) is 1. The lowest BCUT2D eigenvalue weighted by molar-refractivity contribution is -0.142. The van der Waals surface area contributed by atoms with Crippen molar-refractivity contribution in [3.05, 3.63) is 65.3 Å². The summed E-state index contributed by atoms with van der Waals surface area (Å²) in [5.74, 6) is 0.303. The number of benzene rings is 2. The first-order valence-electron chi connectivity index (χ1n) is 11.8. The first-order chi connectivity index (χ1) is 17.0. The lowest BCUT2D eigenvalue weighted by atomic mass is 10.0. The van der Waals surface area contributed by atoms with Crippen molar-refractivity contribution in [2.45, 2.75) is 56.4 Å². The van der Waals surface area contributed by atoms with Gasteiger partial charge in [-0.15, -0.1) is 0 Å². The third kappa shape index (κ3) is 8.27. The van der Waals surface area contributed by atoms with Gasteiger partial charge in [0.15, 0.2) is 5.16 Å². The number of aromatic nitrogens is 2. The van der Waals surface area contributed by atoms with Gasteiger partial charge in [-0.2, -0.15) is 5.26 Å². The van der Waals surface area contributed by atoms with Crippen LogP contribution in [0.5, 0.6) is 0 Å². The fraction of sp³-hybridized carbons (Fsp3) is 0.333. The number of hydrogen-bond acceptors (Lipinski definition) is 7. The Hall–Kier alpha value is -3.08. The molecule has 1 unspecified atom stereocenters. The van der Waals surface area contributed by atoms with E-state index in [2.05, 4.69) is 28.3 Å². The van der Waals surface area contributed by atoms with Crippen LogP contribution in [0.3, 0.4) is 0 Å². The number of hydrogen-bond donors (Lipinski definition) is 1. The van der Waals surface area contributed by atoms with Gasteiger partial charge in [0.2, 0.25) is 0 Å². The van der Waals surface area contributed by atoms with E-state index < -0.39 is 0 Å². The number of esters is 1. The van der Waals surface area contributed by atoms with Gasteiger partial charge < -0.3 is 10.1 Å². The molecule has 35 heavy (non-hydrogen) atoms. The van der Waals surface area contributed by atoms with Crippen LogP contribution < -0.4 is 5.32 Å². The Kier molecular flexibility index (Phi) is 10.4. The van der Waals surface area contributed by atoms with Gasteiger partial charge in [-0.3, -0.25) is 4.79 Å². The van der Waals surface area contributed by atoms with Crippen LogP contribution in [0.25, 0.3) is 11.1 Å². The predicted octanol–water partition coefficient (Wildman–Crippen LogP) is 7.41. The molecule has 3 aromatic rings. The zero-order chi connectivity index (χ0) is 25.0. The summed E-state index contributed by atoms with van der Waals surface area (Å²) in [5, 5.41) is 12.6. The van der Waals surface area contributed by atoms with Gasteiger partial charge in [0, 0.05) is 11.8 Å². The highest BCUT2D eigenvalue weighted by atomic mass is 35.5. The van der Waals surface area contributed by atoms with Gasteiger partial charge in [-0.1, -0.05) is 80.2 Å². The van der Waals surface area contributed by atoms with Crippen LogP contribution in [0.1, 0.15) is 51.5 Å². The summed E-state index contributed by atoms with van der Waals surface area (Å²) in [5.41, 5.74) is 3.54. The summed E-state index contributed by atoms with van der Waals surface area (Å²) in [6.45, 7) is 4.31. The molecule has 1 N–H and O–H groups in total. The Labute approximate surface area is 216 Å². The van der Waals surface area contributed by atoms with Crippen molar-refractivity contribution in [3.8, 4) is 17.2 Å². The van der Waals surface area contributed by atoms with Crippen LogP contribution in [0.4, 0.5) is 11.5 Å². The monoisotopic (exact) mass is 508 g/mol. The van der Waals surface area contributed by atoms with Crippen molar-refractivity contribution in [1.82, 2.24) is 9.97 Å². The van der Waals surface area contributed by atoms with E-state index in [1.807, 2.05) is 36.4 Å². The molecule has 6 nitrogen and oxygen atoms in total. The molecule has 0 fully saturated rings. The van der Waals surface area contributed by atoms with Gasteiger partial charge in [-0.05, 0) is 48.7 Å². The fourth-order valence-electron chi connectivity index (χ4n) is 3.49. The summed E-state index contributed by atoms with van der Waals surface area (Å²) in [4.78, 5) is 21.4. The average Bonchev–Trinajstić information content (AvgIpc) is 2.86. The minimum absolute atomic E-state index is 0.245. The quantitative estimate of drug-likeness (QED) is 0.0895. The van der Waals surface area contributed by atoms with Crippen molar-refractivity contribution >= 4 is 40.8 Å². The van der Waals surface area contributed by atoms with Crippen molar-refractivity contribution < 1.29 is 9.53 Å². The largest absolute Gasteiger partial charge is 0.465 e. The number of anilines is 2. The molecule has 2 aromatic carbocycles. The zero-order valence-electron chi connectivity index (χ0n) is 20.0. The number of nitriles is 1. The van der Waals surface area contributed by atoms with E-state index in [-0.39, 0.29) is 11.2 Å². The number of ether oxygens (including phenoxy) is 1. The van der Waals surface area contributed by atoms with Gasteiger partial charge in [0.25, 0.3) is 0 Å². The Bertz CT molecular complexity index is 1150. The Morgan fingerprint density at radius 1 is 1.06 bits per heavy atom. The molecule has 0 aliphatic rings. The number of unbranched alkanes of at least 4 members (excludes halogenated alkanes) is 3.